The Hall–Kier alpha value is -1.14. The largest absolute Gasteiger partial charge is 0.317 e. The Bertz CT molecular complexity index is 507. The fourth-order valence-corrected chi connectivity index (χ4v) is 3.59. The van der Waals surface area contributed by atoms with Crippen LogP contribution in [0.4, 0.5) is 5.95 Å². The van der Waals surface area contributed by atoms with Crippen LogP contribution in [0.3, 0.4) is 0 Å². The second-order valence-corrected chi connectivity index (χ2v) is 6.68. The van der Waals surface area contributed by atoms with Crippen molar-refractivity contribution in [3.63, 3.8) is 0 Å². The van der Waals surface area contributed by atoms with Crippen molar-refractivity contribution in [1.29, 1.82) is 0 Å². The average molecular weight is 342 g/mol. The number of carbonyl (C=O) groups excluding carboxylic acids is 1. The van der Waals surface area contributed by atoms with Crippen LogP contribution in [0.5, 0.6) is 0 Å². The minimum Gasteiger partial charge on any atom is -0.317 e. The third-order valence-electron chi connectivity index (χ3n) is 4.99. The smallest absolute Gasteiger partial charge is 0.227 e. The van der Waals surface area contributed by atoms with Gasteiger partial charge in [0.15, 0.2) is 5.82 Å². The minimum atomic E-state index is 0. The zero-order chi connectivity index (χ0) is 15.4. The van der Waals surface area contributed by atoms with E-state index in [0.717, 1.165) is 44.1 Å². The van der Waals surface area contributed by atoms with Gasteiger partial charge >= 0.3 is 0 Å². The van der Waals surface area contributed by atoms with Gasteiger partial charge in [0, 0.05) is 19.4 Å². The Labute approximate surface area is 144 Å². The monoisotopic (exact) mass is 341 g/mol. The van der Waals surface area contributed by atoms with E-state index in [2.05, 4.69) is 20.7 Å². The van der Waals surface area contributed by atoms with Crippen LogP contribution in [0.2, 0.25) is 0 Å². The first-order valence-corrected chi connectivity index (χ1v) is 8.64. The third-order valence-corrected chi connectivity index (χ3v) is 4.99. The van der Waals surface area contributed by atoms with E-state index in [1.165, 1.54) is 25.7 Å². The van der Waals surface area contributed by atoms with Crippen molar-refractivity contribution in [2.45, 2.75) is 57.3 Å². The van der Waals surface area contributed by atoms with Gasteiger partial charge in [0.2, 0.25) is 11.9 Å². The van der Waals surface area contributed by atoms with Crippen molar-refractivity contribution < 1.29 is 4.79 Å². The van der Waals surface area contributed by atoms with Crippen LogP contribution in [0.1, 0.15) is 63.1 Å². The topological polar surface area (TPSA) is 71.8 Å². The molecule has 0 aromatic carbocycles. The predicted molar refractivity (Wildman–Crippen MR) is 92.9 cm³/mol. The molecule has 0 atom stereocenters. The van der Waals surface area contributed by atoms with Gasteiger partial charge in [0.1, 0.15) is 0 Å². The summed E-state index contributed by atoms with van der Waals surface area (Å²) >= 11 is 0. The van der Waals surface area contributed by atoms with E-state index >= 15 is 0 Å². The molecule has 2 aliphatic rings. The zero-order valence-electron chi connectivity index (χ0n) is 13.9. The highest BCUT2D eigenvalue weighted by Gasteiger charge is 2.22. The van der Waals surface area contributed by atoms with Crippen molar-refractivity contribution in [3.05, 3.63) is 5.82 Å². The number of aromatic nitrogens is 3. The molecule has 0 bridgehead atoms. The van der Waals surface area contributed by atoms with Gasteiger partial charge in [0.05, 0.1) is 0 Å². The van der Waals surface area contributed by atoms with Crippen molar-refractivity contribution in [2.75, 3.05) is 18.4 Å². The molecule has 3 rings (SSSR count). The summed E-state index contributed by atoms with van der Waals surface area (Å²) in [4.78, 5) is 16.7. The Morgan fingerprint density at radius 3 is 2.65 bits per heavy atom. The SMILES string of the molecule is Cl.Cn1nc(C2CCNCC2)nc1NC(=O)CCC1CCCC1. The van der Waals surface area contributed by atoms with Gasteiger partial charge in [-0.1, -0.05) is 25.7 Å². The number of hydrogen-bond donors (Lipinski definition) is 2. The lowest BCUT2D eigenvalue weighted by Crippen LogP contribution is -2.27. The lowest BCUT2D eigenvalue weighted by atomic mass is 9.98. The summed E-state index contributed by atoms with van der Waals surface area (Å²) in [6.07, 6.45) is 8.97. The molecule has 1 saturated heterocycles. The van der Waals surface area contributed by atoms with Crippen LogP contribution in [-0.4, -0.2) is 33.8 Å². The Balaban J connectivity index is 0.00000192. The highest BCUT2D eigenvalue weighted by Crippen LogP contribution is 2.28. The maximum atomic E-state index is 12.1. The molecule has 2 N–H and O–H groups in total. The predicted octanol–water partition coefficient (Wildman–Crippen LogP) is 2.61. The summed E-state index contributed by atoms with van der Waals surface area (Å²) in [6.45, 7) is 2.04. The second-order valence-electron chi connectivity index (χ2n) is 6.68. The Morgan fingerprint density at radius 2 is 1.96 bits per heavy atom. The molecule has 1 aliphatic heterocycles. The van der Waals surface area contributed by atoms with Crippen molar-refractivity contribution in [2.24, 2.45) is 13.0 Å². The molecule has 23 heavy (non-hydrogen) atoms. The number of carbonyl (C=O) groups is 1. The first-order chi connectivity index (χ1) is 10.7. The number of halogens is 1. The molecule has 0 unspecified atom stereocenters. The summed E-state index contributed by atoms with van der Waals surface area (Å²) in [5, 5.41) is 10.8. The molecule has 7 heteroatoms. The minimum absolute atomic E-state index is 0. The van der Waals surface area contributed by atoms with Crippen LogP contribution in [-0.2, 0) is 11.8 Å². The first kappa shape index (κ1) is 18.2. The van der Waals surface area contributed by atoms with Crippen LogP contribution in [0.15, 0.2) is 0 Å². The van der Waals surface area contributed by atoms with Gasteiger partial charge in [-0.15, -0.1) is 12.4 Å². The second kappa shape index (κ2) is 8.64. The molecular weight excluding hydrogens is 314 g/mol. The van der Waals surface area contributed by atoms with Crippen LogP contribution in [0, 0.1) is 5.92 Å². The molecule has 130 valence electrons. The molecule has 6 nitrogen and oxygen atoms in total. The number of aryl methyl sites for hydroxylation is 1. The summed E-state index contributed by atoms with van der Waals surface area (Å²) in [6, 6.07) is 0. The van der Waals surface area contributed by atoms with E-state index in [1.54, 1.807) is 4.68 Å². The van der Waals surface area contributed by atoms with Gasteiger partial charge in [-0.05, 0) is 38.3 Å². The number of anilines is 1. The summed E-state index contributed by atoms with van der Waals surface area (Å²) in [5.74, 6) is 2.69. The van der Waals surface area contributed by atoms with E-state index in [4.69, 9.17) is 0 Å². The maximum Gasteiger partial charge on any atom is 0.227 e. The molecule has 2 heterocycles. The number of piperidine rings is 1. The van der Waals surface area contributed by atoms with Gasteiger partial charge in [-0.2, -0.15) is 10.1 Å². The molecule has 1 amide bonds. The van der Waals surface area contributed by atoms with Crippen LogP contribution in [0.25, 0.3) is 0 Å². The number of nitrogens with zero attached hydrogens (tertiary/aromatic N) is 3. The maximum absolute atomic E-state index is 12.1. The van der Waals surface area contributed by atoms with E-state index < -0.39 is 0 Å². The molecule has 0 spiro atoms. The van der Waals surface area contributed by atoms with Gasteiger partial charge in [-0.25, -0.2) is 4.68 Å². The number of nitrogens with one attached hydrogen (secondary N) is 2. The summed E-state index contributed by atoms with van der Waals surface area (Å²) in [5.41, 5.74) is 0. The van der Waals surface area contributed by atoms with Crippen molar-refractivity contribution >= 4 is 24.3 Å². The van der Waals surface area contributed by atoms with Crippen LogP contribution >= 0.6 is 12.4 Å². The lowest BCUT2D eigenvalue weighted by molar-refractivity contribution is -0.116. The summed E-state index contributed by atoms with van der Waals surface area (Å²) in [7, 11) is 1.85. The van der Waals surface area contributed by atoms with Gasteiger partial charge < -0.3 is 5.32 Å². The quantitative estimate of drug-likeness (QED) is 0.863. The first-order valence-electron chi connectivity index (χ1n) is 8.64. The molecule has 1 saturated carbocycles. The zero-order valence-corrected chi connectivity index (χ0v) is 14.7. The van der Waals surface area contributed by atoms with Crippen LogP contribution < -0.4 is 10.6 Å². The van der Waals surface area contributed by atoms with E-state index in [0.29, 0.717) is 18.3 Å². The van der Waals surface area contributed by atoms with E-state index in [-0.39, 0.29) is 18.3 Å². The fourth-order valence-electron chi connectivity index (χ4n) is 3.59. The highest BCUT2D eigenvalue weighted by molar-refractivity contribution is 5.88. The Kier molecular flexibility index (Phi) is 6.84. The highest BCUT2D eigenvalue weighted by atomic mass is 35.5. The average Bonchev–Trinajstić information content (AvgIpc) is 3.17. The molecule has 1 aromatic heterocycles. The molecule has 2 fully saturated rings. The molecule has 0 radical (unpaired) electrons. The number of hydrogen-bond acceptors (Lipinski definition) is 4. The van der Waals surface area contributed by atoms with Gasteiger partial charge in [0.25, 0.3) is 0 Å². The summed E-state index contributed by atoms with van der Waals surface area (Å²) < 4.78 is 1.70. The normalized spacial score (nSPS) is 19.5. The fraction of sp³-hybridized carbons (Fsp3) is 0.812. The molecule has 1 aliphatic carbocycles. The lowest BCUT2D eigenvalue weighted by Gasteiger charge is -2.19. The van der Waals surface area contributed by atoms with Crippen molar-refractivity contribution in [1.82, 2.24) is 20.1 Å². The standard InChI is InChI=1S/C16H27N5O.ClH/c1-21-16(18-14(22)7-6-12-4-2-3-5-12)19-15(20-21)13-8-10-17-11-9-13;/h12-13,17H,2-11H2,1H3,(H,18,19,20,22);1H. The molecule has 1 aromatic rings. The van der Waals surface area contributed by atoms with Crippen molar-refractivity contribution in [3.8, 4) is 0 Å². The van der Waals surface area contributed by atoms with Gasteiger partial charge in [-0.3, -0.25) is 10.1 Å². The number of rotatable bonds is 5. The third kappa shape index (κ3) is 4.91. The molecular formula is C16H28ClN5O. The van der Waals surface area contributed by atoms with E-state index in [1.807, 2.05) is 7.05 Å². The number of amides is 1. The Morgan fingerprint density at radius 1 is 1.26 bits per heavy atom. The van der Waals surface area contributed by atoms with E-state index in [9.17, 15) is 4.79 Å².